The molecular formula is C18H38ClO2P. The van der Waals surface area contributed by atoms with Crippen molar-refractivity contribution in [2.24, 2.45) is 0 Å². The van der Waals surface area contributed by atoms with Crippen molar-refractivity contribution in [3.63, 3.8) is 0 Å². The Balaban J connectivity index is 3.01. The van der Waals surface area contributed by atoms with E-state index in [1.54, 1.807) is 0 Å². The first-order chi connectivity index (χ1) is 10.6. The van der Waals surface area contributed by atoms with E-state index in [4.69, 9.17) is 16.1 Å². The van der Waals surface area contributed by atoms with Gasteiger partial charge in [-0.15, -0.1) is 0 Å². The fraction of sp³-hybridized carbons (Fsp3) is 1.00. The summed E-state index contributed by atoms with van der Waals surface area (Å²) in [6.07, 6.45) is 21.3. The van der Waals surface area contributed by atoms with Crippen LogP contribution in [0.5, 0.6) is 0 Å². The van der Waals surface area contributed by atoms with E-state index in [9.17, 15) is 4.57 Å². The van der Waals surface area contributed by atoms with Gasteiger partial charge in [0.15, 0.2) is 0 Å². The molecule has 0 aliphatic carbocycles. The fourth-order valence-corrected chi connectivity index (χ4v) is 3.83. The van der Waals surface area contributed by atoms with Gasteiger partial charge in [-0.05, 0) is 17.7 Å². The van der Waals surface area contributed by atoms with E-state index < -0.39 is 6.72 Å². The molecule has 0 spiro atoms. The molecule has 0 amide bonds. The summed E-state index contributed by atoms with van der Waals surface area (Å²) in [7, 11) is 0. The standard InChI is InChI=1S/C18H38ClO2P/c1-2-3-4-5-6-7-8-9-10-11-12-13-14-15-16-17-18-22(19,20)21/h2-18H2,1H3,(H,20,21). The van der Waals surface area contributed by atoms with Crippen molar-refractivity contribution >= 4 is 18.0 Å². The summed E-state index contributed by atoms with van der Waals surface area (Å²) < 4.78 is 10.9. The van der Waals surface area contributed by atoms with E-state index in [2.05, 4.69) is 6.92 Å². The third kappa shape index (κ3) is 20.5. The molecule has 0 aliphatic rings. The number of unbranched alkanes of at least 4 members (excludes halogenated alkanes) is 15. The topological polar surface area (TPSA) is 37.3 Å². The van der Waals surface area contributed by atoms with Gasteiger partial charge in [-0.2, -0.15) is 0 Å². The fourth-order valence-electron chi connectivity index (χ4n) is 2.85. The Labute approximate surface area is 143 Å². The molecule has 0 bridgehead atoms. The van der Waals surface area contributed by atoms with Crippen molar-refractivity contribution < 1.29 is 9.46 Å². The molecule has 22 heavy (non-hydrogen) atoms. The van der Waals surface area contributed by atoms with Crippen LogP contribution in [0.2, 0.25) is 0 Å². The van der Waals surface area contributed by atoms with Crippen LogP contribution in [0.1, 0.15) is 110 Å². The maximum Gasteiger partial charge on any atom is 0.287 e. The zero-order chi connectivity index (χ0) is 16.5. The van der Waals surface area contributed by atoms with Crippen LogP contribution >= 0.6 is 18.0 Å². The lowest BCUT2D eigenvalue weighted by Gasteiger charge is -2.04. The summed E-state index contributed by atoms with van der Waals surface area (Å²) in [6, 6.07) is 0. The Morgan fingerprint density at radius 2 is 0.909 bits per heavy atom. The number of rotatable bonds is 17. The smallest absolute Gasteiger partial charge is 0.287 e. The second-order valence-corrected chi connectivity index (χ2v) is 9.91. The van der Waals surface area contributed by atoms with Crippen LogP contribution in [-0.4, -0.2) is 11.1 Å². The molecular weight excluding hydrogens is 315 g/mol. The lowest BCUT2D eigenvalue weighted by Crippen LogP contribution is -1.86. The predicted molar refractivity (Wildman–Crippen MR) is 100 cm³/mol. The Kier molecular flexibility index (Phi) is 16.7. The second-order valence-electron chi connectivity index (χ2n) is 6.64. The summed E-state index contributed by atoms with van der Waals surface area (Å²) in [5, 5.41) is 0. The first-order valence-corrected chi connectivity index (χ1v) is 12.3. The molecule has 0 aromatic carbocycles. The SMILES string of the molecule is CCCCCCCCCCCCCCCCCCP(=O)(O)Cl. The average molecular weight is 353 g/mol. The molecule has 0 saturated heterocycles. The van der Waals surface area contributed by atoms with E-state index >= 15 is 0 Å². The van der Waals surface area contributed by atoms with Crippen molar-refractivity contribution in [2.45, 2.75) is 110 Å². The highest BCUT2D eigenvalue weighted by molar-refractivity contribution is 7.84. The zero-order valence-corrected chi connectivity index (χ0v) is 16.4. The summed E-state index contributed by atoms with van der Waals surface area (Å²) >= 11 is 5.31. The van der Waals surface area contributed by atoms with Gasteiger partial charge in [0.25, 0.3) is 6.72 Å². The minimum Gasteiger partial charge on any atom is -0.333 e. The van der Waals surface area contributed by atoms with Gasteiger partial charge in [0.2, 0.25) is 0 Å². The molecule has 4 heteroatoms. The Hall–Kier alpha value is 0.480. The molecule has 0 aromatic rings. The maximum absolute atomic E-state index is 10.9. The first-order valence-electron chi connectivity index (χ1n) is 9.57. The molecule has 0 saturated carbocycles. The molecule has 0 radical (unpaired) electrons. The summed E-state index contributed by atoms with van der Waals surface area (Å²) in [5.41, 5.74) is 0. The molecule has 1 N–H and O–H groups in total. The van der Waals surface area contributed by atoms with E-state index in [0.717, 1.165) is 12.8 Å². The minimum atomic E-state index is -3.28. The van der Waals surface area contributed by atoms with Crippen molar-refractivity contribution in [2.75, 3.05) is 6.16 Å². The summed E-state index contributed by atoms with van der Waals surface area (Å²) in [5.74, 6) is 0. The third-order valence-corrected chi connectivity index (χ3v) is 5.66. The van der Waals surface area contributed by atoms with Gasteiger partial charge in [0.05, 0.1) is 0 Å². The monoisotopic (exact) mass is 352 g/mol. The molecule has 0 rings (SSSR count). The molecule has 0 aliphatic heterocycles. The van der Waals surface area contributed by atoms with Crippen LogP contribution in [0, 0.1) is 0 Å². The van der Waals surface area contributed by atoms with Gasteiger partial charge in [0, 0.05) is 6.16 Å². The molecule has 0 aromatic heterocycles. The van der Waals surface area contributed by atoms with Gasteiger partial charge in [-0.25, -0.2) is 0 Å². The van der Waals surface area contributed by atoms with Crippen LogP contribution in [-0.2, 0) is 4.57 Å². The summed E-state index contributed by atoms with van der Waals surface area (Å²) in [4.78, 5) is 8.95. The molecule has 0 heterocycles. The van der Waals surface area contributed by atoms with Crippen LogP contribution in [0.4, 0.5) is 0 Å². The van der Waals surface area contributed by atoms with Crippen molar-refractivity contribution in [3.8, 4) is 0 Å². The Morgan fingerprint density at radius 3 is 1.18 bits per heavy atom. The van der Waals surface area contributed by atoms with Gasteiger partial charge < -0.3 is 4.89 Å². The second kappa shape index (κ2) is 16.3. The van der Waals surface area contributed by atoms with E-state index in [1.807, 2.05) is 0 Å². The van der Waals surface area contributed by atoms with Crippen molar-refractivity contribution in [1.29, 1.82) is 0 Å². The Bertz CT molecular complexity index is 266. The normalized spacial score (nSPS) is 14.1. The van der Waals surface area contributed by atoms with E-state index in [-0.39, 0.29) is 6.16 Å². The lowest BCUT2D eigenvalue weighted by molar-refractivity contribution is 0.490. The minimum absolute atomic E-state index is 0.271. The number of halogens is 1. The highest BCUT2D eigenvalue weighted by Crippen LogP contribution is 2.46. The predicted octanol–water partition coefficient (Wildman–Crippen LogP) is 7.67. The van der Waals surface area contributed by atoms with Gasteiger partial charge in [0.1, 0.15) is 0 Å². The zero-order valence-electron chi connectivity index (χ0n) is 14.7. The molecule has 134 valence electrons. The van der Waals surface area contributed by atoms with E-state index in [0.29, 0.717) is 0 Å². The molecule has 1 atom stereocenters. The highest BCUT2D eigenvalue weighted by atomic mass is 35.7. The number of hydrogen-bond acceptors (Lipinski definition) is 1. The maximum atomic E-state index is 10.9. The van der Waals surface area contributed by atoms with Crippen LogP contribution in [0.3, 0.4) is 0 Å². The van der Waals surface area contributed by atoms with Gasteiger partial charge in [-0.1, -0.05) is 103 Å². The molecule has 1 unspecified atom stereocenters. The van der Waals surface area contributed by atoms with Crippen molar-refractivity contribution in [3.05, 3.63) is 0 Å². The number of hydrogen-bond donors (Lipinski definition) is 1. The molecule has 0 fully saturated rings. The quantitative estimate of drug-likeness (QED) is 0.215. The van der Waals surface area contributed by atoms with Gasteiger partial charge in [-0.3, -0.25) is 4.57 Å². The van der Waals surface area contributed by atoms with E-state index in [1.165, 1.54) is 89.9 Å². The first kappa shape index (κ1) is 22.5. The molecule has 2 nitrogen and oxygen atoms in total. The lowest BCUT2D eigenvalue weighted by atomic mass is 10.0. The Morgan fingerprint density at radius 1 is 0.636 bits per heavy atom. The van der Waals surface area contributed by atoms with Crippen LogP contribution in [0.25, 0.3) is 0 Å². The summed E-state index contributed by atoms with van der Waals surface area (Å²) in [6.45, 7) is -1.01. The third-order valence-electron chi connectivity index (χ3n) is 4.29. The van der Waals surface area contributed by atoms with Crippen LogP contribution in [0.15, 0.2) is 0 Å². The van der Waals surface area contributed by atoms with Gasteiger partial charge >= 0.3 is 0 Å². The largest absolute Gasteiger partial charge is 0.333 e. The average Bonchev–Trinajstić information content (AvgIpc) is 2.45. The van der Waals surface area contributed by atoms with Crippen molar-refractivity contribution in [1.82, 2.24) is 0 Å². The van der Waals surface area contributed by atoms with Crippen LogP contribution < -0.4 is 0 Å². The highest BCUT2D eigenvalue weighted by Gasteiger charge is 2.11.